The second-order valence-electron chi connectivity index (χ2n) is 3.69. The van der Waals surface area contributed by atoms with E-state index in [1.165, 1.54) is 18.7 Å². The molecular formula is C10H13N3O3. The van der Waals surface area contributed by atoms with Gasteiger partial charge in [0.1, 0.15) is 4.92 Å². The van der Waals surface area contributed by atoms with Crippen LogP contribution >= 0.6 is 0 Å². The normalized spacial score (nSPS) is 16.9. The van der Waals surface area contributed by atoms with Gasteiger partial charge in [0.05, 0.1) is 12.3 Å². The molecule has 0 atom stereocenters. The maximum atomic E-state index is 10.4. The van der Waals surface area contributed by atoms with Crippen molar-refractivity contribution in [1.82, 2.24) is 5.01 Å². The Hall–Kier alpha value is -1.85. The molecule has 16 heavy (non-hydrogen) atoms. The first kappa shape index (κ1) is 10.7. The van der Waals surface area contributed by atoms with Gasteiger partial charge in [-0.25, -0.2) is 0 Å². The van der Waals surface area contributed by atoms with Gasteiger partial charge in [0.15, 0.2) is 5.76 Å². The summed E-state index contributed by atoms with van der Waals surface area (Å²) >= 11 is 0. The molecular weight excluding hydrogens is 210 g/mol. The summed E-state index contributed by atoms with van der Waals surface area (Å²) in [5, 5.41) is 16.6. The van der Waals surface area contributed by atoms with Crippen LogP contribution in [-0.2, 0) is 0 Å². The Labute approximate surface area is 92.7 Å². The van der Waals surface area contributed by atoms with E-state index in [9.17, 15) is 10.1 Å². The molecule has 1 aromatic heterocycles. The van der Waals surface area contributed by atoms with E-state index >= 15 is 0 Å². The van der Waals surface area contributed by atoms with Gasteiger partial charge in [-0.05, 0) is 25.3 Å². The molecule has 1 aliphatic rings. The molecule has 2 heterocycles. The van der Waals surface area contributed by atoms with E-state index < -0.39 is 4.92 Å². The standard InChI is InChI=1S/C10H13N3O3/c14-13(15)10-5-4-9(16-10)8-11-12-6-2-1-3-7-12/h4-5,8H,1-3,6-7H2. The first-order chi connectivity index (χ1) is 7.75. The largest absolute Gasteiger partial charge is 0.433 e. The summed E-state index contributed by atoms with van der Waals surface area (Å²) < 4.78 is 4.96. The highest BCUT2D eigenvalue weighted by molar-refractivity contribution is 5.75. The van der Waals surface area contributed by atoms with E-state index in [4.69, 9.17) is 4.42 Å². The molecule has 0 aromatic carbocycles. The SMILES string of the molecule is O=[N+]([O-])c1ccc(C=NN2CCCCC2)o1. The number of rotatable bonds is 3. The van der Waals surface area contributed by atoms with Crippen LogP contribution in [0.3, 0.4) is 0 Å². The second kappa shape index (κ2) is 4.78. The highest BCUT2D eigenvalue weighted by Gasteiger charge is 2.11. The monoisotopic (exact) mass is 223 g/mol. The van der Waals surface area contributed by atoms with Crippen LogP contribution in [0.2, 0.25) is 0 Å². The Kier molecular flexibility index (Phi) is 3.19. The molecule has 6 heteroatoms. The first-order valence-corrected chi connectivity index (χ1v) is 5.29. The minimum Gasteiger partial charge on any atom is -0.400 e. The first-order valence-electron chi connectivity index (χ1n) is 5.29. The molecule has 0 saturated carbocycles. The van der Waals surface area contributed by atoms with Crippen LogP contribution in [0.15, 0.2) is 21.7 Å². The third kappa shape index (κ3) is 2.59. The number of nitrogens with zero attached hydrogens (tertiary/aromatic N) is 3. The molecule has 1 aromatic rings. The molecule has 0 N–H and O–H groups in total. The fourth-order valence-corrected chi connectivity index (χ4v) is 1.64. The van der Waals surface area contributed by atoms with Crippen molar-refractivity contribution in [3.63, 3.8) is 0 Å². The van der Waals surface area contributed by atoms with Crippen molar-refractivity contribution in [3.05, 3.63) is 28.0 Å². The lowest BCUT2D eigenvalue weighted by molar-refractivity contribution is -0.402. The Balaban J connectivity index is 1.96. The highest BCUT2D eigenvalue weighted by atomic mass is 16.6. The minimum atomic E-state index is -0.557. The fourth-order valence-electron chi connectivity index (χ4n) is 1.64. The van der Waals surface area contributed by atoms with Crippen molar-refractivity contribution in [3.8, 4) is 0 Å². The molecule has 0 amide bonds. The minimum absolute atomic E-state index is 0.250. The third-order valence-corrected chi connectivity index (χ3v) is 2.47. The Morgan fingerprint density at radius 2 is 2.12 bits per heavy atom. The predicted molar refractivity (Wildman–Crippen MR) is 58.4 cm³/mol. The summed E-state index contributed by atoms with van der Waals surface area (Å²) in [7, 11) is 0. The van der Waals surface area contributed by atoms with Gasteiger partial charge >= 0.3 is 5.88 Å². The van der Waals surface area contributed by atoms with Crippen LogP contribution in [0.4, 0.5) is 5.88 Å². The predicted octanol–water partition coefficient (Wildman–Crippen LogP) is 2.01. The summed E-state index contributed by atoms with van der Waals surface area (Å²) in [5.41, 5.74) is 0. The number of furan rings is 1. The van der Waals surface area contributed by atoms with Crippen molar-refractivity contribution in [2.24, 2.45) is 5.10 Å². The highest BCUT2D eigenvalue weighted by Crippen LogP contribution is 2.14. The molecule has 1 aliphatic heterocycles. The van der Waals surface area contributed by atoms with Crippen LogP contribution in [0.5, 0.6) is 0 Å². The van der Waals surface area contributed by atoms with Crippen LogP contribution < -0.4 is 0 Å². The maximum absolute atomic E-state index is 10.4. The lowest BCUT2D eigenvalue weighted by Gasteiger charge is -2.22. The smallest absolute Gasteiger partial charge is 0.400 e. The van der Waals surface area contributed by atoms with Gasteiger partial charge in [-0.3, -0.25) is 15.1 Å². The lowest BCUT2D eigenvalue weighted by atomic mass is 10.2. The van der Waals surface area contributed by atoms with Gasteiger partial charge in [0.25, 0.3) is 0 Å². The lowest BCUT2D eigenvalue weighted by Crippen LogP contribution is -2.24. The molecule has 0 bridgehead atoms. The molecule has 0 unspecified atom stereocenters. The molecule has 86 valence electrons. The summed E-state index contributed by atoms with van der Waals surface area (Å²) in [6, 6.07) is 2.88. The Morgan fingerprint density at radius 3 is 2.75 bits per heavy atom. The molecule has 1 saturated heterocycles. The molecule has 0 radical (unpaired) electrons. The average Bonchev–Trinajstić information content (AvgIpc) is 2.76. The summed E-state index contributed by atoms with van der Waals surface area (Å²) in [5.74, 6) is 0.164. The van der Waals surface area contributed by atoms with E-state index in [-0.39, 0.29) is 5.88 Å². The van der Waals surface area contributed by atoms with Crippen LogP contribution in [-0.4, -0.2) is 29.2 Å². The number of hydrogen-bond acceptors (Lipinski definition) is 5. The van der Waals surface area contributed by atoms with E-state index in [2.05, 4.69) is 5.10 Å². The second-order valence-corrected chi connectivity index (χ2v) is 3.69. The molecule has 1 fully saturated rings. The van der Waals surface area contributed by atoms with Gasteiger partial charge in [-0.2, -0.15) is 5.10 Å². The van der Waals surface area contributed by atoms with Gasteiger partial charge in [-0.15, -0.1) is 0 Å². The van der Waals surface area contributed by atoms with Crippen molar-refractivity contribution in [1.29, 1.82) is 0 Å². The number of hydrogen-bond donors (Lipinski definition) is 0. The molecule has 6 nitrogen and oxygen atoms in total. The van der Waals surface area contributed by atoms with E-state index in [0.29, 0.717) is 5.76 Å². The van der Waals surface area contributed by atoms with E-state index in [1.807, 2.05) is 5.01 Å². The summed E-state index contributed by atoms with van der Waals surface area (Å²) in [6.07, 6.45) is 5.07. The summed E-state index contributed by atoms with van der Waals surface area (Å²) in [4.78, 5) is 9.82. The van der Waals surface area contributed by atoms with Gasteiger partial charge < -0.3 is 4.42 Å². The van der Waals surface area contributed by atoms with Crippen molar-refractivity contribution >= 4 is 12.1 Å². The zero-order valence-corrected chi connectivity index (χ0v) is 8.83. The van der Waals surface area contributed by atoms with Crippen LogP contribution in [0, 0.1) is 10.1 Å². The average molecular weight is 223 g/mol. The molecule has 0 aliphatic carbocycles. The molecule has 0 spiro atoms. The topological polar surface area (TPSA) is 71.9 Å². The number of nitro groups is 1. The van der Waals surface area contributed by atoms with Crippen molar-refractivity contribution < 1.29 is 9.34 Å². The van der Waals surface area contributed by atoms with Crippen molar-refractivity contribution in [2.75, 3.05) is 13.1 Å². The Bertz CT molecular complexity index is 394. The van der Waals surface area contributed by atoms with E-state index in [1.54, 1.807) is 6.07 Å². The molecule has 2 rings (SSSR count). The van der Waals surface area contributed by atoms with Crippen molar-refractivity contribution in [2.45, 2.75) is 19.3 Å². The fraction of sp³-hybridized carbons (Fsp3) is 0.500. The number of piperidine rings is 1. The maximum Gasteiger partial charge on any atom is 0.433 e. The summed E-state index contributed by atoms with van der Waals surface area (Å²) in [6.45, 7) is 1.89. The van der Waals surface area contributed by atoms with Crippen LogP contribution in [0.25, 0.3) is 0 Å². The number of hydrazone groups is 1. The van der Waals surface area contributed by atoms with Gasteiger partial charge in [0.2, 0.25) is 0 Å². The Morgan fingerprint density at radius 1 is 1.38 bits per heavy atom. The quantitative estimate of drug-likeness (QED) is 0.446. The third-order valence-electron chi connectivity index (χ3n) is 2.47. The van der Waals surface area contributed by atoms with Crippen LogP contribution in [0.1, 0.15) is 25.0 Å². The van der Waals surface area contributed by atoms with Gasteiger partial charge in [-0.1, -0.05) is 0 Å². The van der Waals surface area contributed by atoms with Gasteiger partial charge in [0, 0.05) is 13.1 Å². The van der Waals surface area contributed by atoms with E-state index in [0.717, 1.165) is 25.9 Å². The zero-order chi connectivity index (χ0) is 11.4. The zero-order valence-electron chi connectivity index (χ0n) is 8.83.